The molecular weight excluding hydrogens is 689 g/mol. The molecule has 0 aliphatic rings. The Morgan fingerprint density at radius 1 is 0.961 bits per heavy atom. The Hall–Kier alpha value is -6.14. The average molecular weight is 716 g/mol. The van der Waals surface area contributed by atoms with E-state index < -0.39 is 83.0 Å². The zero-order chi connectivity index (χ0) is 37.4. The van der Waals surface area contributed by atoms with Gasteiger partial charge in [0.2, 0.25) is 5.95 Å². The van der Waals surface area contributed by atoms with Crippen molar-refractivity contribution in [1.29, 1.82) is 0 Å². The Morgan fingerprint density at radius 2 is 1.63 bits per heavy atom. The molecule has 2 heterocycles. The lowest BCUT2D eigenvalue weighted by Crippen LogP contribution is -2.29. The fourth-order valence-corrected chi connectivity index (χ4v) is 4.94. The first-order valence-corrected chi connectivity index (χ1v) is 14.7. The summed E-state index contributed by atoms with van der Waals surface area (Å²) in [5, 5.41) is 45.1. The number of carbonyl (C=O) groups excluding carboxylic acids is 2. The van der Waals surface area contributed by atoms with Crippen LogP contribution in [-0.4, -0.2) is 72.3 Å². The molecule has 6 N–H and O–H groups in total. The molecule has 3 aromatic carbocycles. The van der Waals surface area contributed by atoms with Crippen LogP contribution in [0.3, 0.4) is 0 Å². The van der Waals surface area contributed by atoms with Gasteiger partial charge in [0.1, 0.15) is 23.1 Å². The first-order valence-electron chi connectivity index (χ1n) is 14.7. The number of esters is 1. The third-order valence-electron chi connectivity index (χ3n) is 7.59. The number of para-hydroxylation sites is 1. The van der Waals surface area contributed by atoms with Crippen LogP contribution < -0.4 is 20.9 Å². The number of hydrogen-bond donors (Lipinski definition) is 6. The Kier molecular flexibility index (Phi) is 9.92. The van der Waals surface area contributed by atoms with Crippen molar-refractivity contribution in [1.82, 2.24) is 14.5 Å². The monoisotopic (exact) mass is 715 g/mol. The van der Waals surface area contributed by atoms with Gasteiger partial charge in [0.05, 0.1) is 30.5 Å². The van der Waals surface area contributed by atoms with Gasteiger partial charge in [-0.2, -0.15) is 18.2 Å². The number of aromatic hydroxyl groups is 2. The standard InChI is InChI=1S/C33H26F5N5O8/c1-14-6-7-16(39-30(49)20-11-23(46)15(2)27(48)28(20)51-31(50)33(36,37)38)10-19(14)25-18-8-9-24(47)43(26-21(34)4-3-5-22(26)35)29(18)42-32(41-25)40-17(12-44)13-45/h3-11,17,44-46,48H,12-13H2,1-2H3,(H,39,49)(H,40,41,42). The third-order valence-corrected chi connectivity index (χ3v) is 7.59. The number of aliphatic hydroxyl groups excluding tert-OH is 2. The van der Waals surface area contributed by atoms with Crippen LogP contribution in [-0.2, 0) is 4.79 Å². The predicted molar refractivity (Wildman–Crippen MR) is 171 cm³/mol. The van der Waals surface area contributed by atoms with Crippen molar-refractivity contribution in [3.8, 4) is 34.2 Å². The van der Waals surface area contributed by atoms with Gasteiger partial charge in [0.25, 0.3) is 11.5 Å². The molecule has 18 heteroatoms. The Morgan fingerprint density at radius 3 is 2.25 bits per heavy atom. The van der Waals surface area contributed by atoms with E-state index in [4.69, 9.17) is 0 Å². The van der Waals surface area contributed by atoms with Crippen molar-refractivity contribution in [3.05, 3.63) is 93.3 Å². The fraction of sp³-hybridized carbons (Fsp3) is 0.182. The van der Waals surface area contributed by atoms with Crippen molar-refractivity contribution in [2.24, 2.45) is 0 Å². The van der Waals surface area contributed by atoms with E-state index in [1.165, 1.54) is 24.3 Å². The van der Waals surface area contributed by atoms with Crippen LogP contribution in [0, 0.1) is 25.5 Å². The number of fused-ring (bicyclic) bond motifs is 1. The third kappa shape index (κ3) is 7.12. The van der Waals surface area contributed by atoms with Crippen molar-refractivity contribution in [2.45, 2.75) is 26.1 Å². The highest BCUT2D eigenvalue weighted by Crippen LogP contribution is 2.41. The van der Waals surface area contributed by atoms with E-state index in [0.717, 1.165) is 31.2 Å². The molecule has 1 amide bonds. The molecule has 0 fully saturated rings. The Balaban J connectivity index is 1.68. The van der Waals surface area contributed by atoms with Gasteiger partial charge in [-0.05, 0) is 55.8 Å². The zero-order valence-corrected chi connectivity index (χ0v) is 26.3. The van der Waals surface area contributed by atoms with E-state index in [2.05, 4.69) is 25.3 Å². The van der Waals surface area contributed by atoms with Crippen LogP contribution >= 0.6 is 0 Å². The minimum Gasteiger partial charge on any atom is -0.508 e. The van der Waals surface area contributed by atoms with Crippen LogP contribution in [0.1, 0.15) is 21.5 Å². The summed E-state index contributed by atoms with van der Waals surface area (Å²) in [5.41, 5.74) is -2.51. The quantitative estimate of drug-likeness (QED) is 0.0726. The number of carbonyl (C=O) groups is 2. The molecule has 0 aliphatic heterocycles. The predicted octanol–water partition coefficient (Wildman–Crippen LogP) is 4.24. The minimum absolute atomic E-state index is 0.0154. The lowest BCUT2D eigenvalue weighted by Gasteiger charge is -2.19. The molecule has 2 aromatic heterocycles. The molecule has 0 unspecified atom stereocenters. The number of halogens is 5. The number of aromatic nitrogens is 3. The van der Waals surface area contributed by atoms with Crippen molar-refractivity contribution in [3.63, 3.8) is 0 Å². The molecule has 0 saturated carbocycles. The van der Waals surface area contributed by atoms with E-state index >= 15 is 8.78 Å². The van der Waals surface area contributed by atoms with E-state index in [-0.39, 0.29) is 39.5 Å². The van der Waals surface area contributed by atoms with Gasteiger partial charge in [-0.3, -0.25) is 14.2 Å². The van der Waals surface area contributed by atoms with E-state index in [1.807, 2.05) is 0 Å². The maximum atomic E-state index is 15.0. The van der Waals surface area contributed by atoms with Crippen LogP contribution in [0.4, 0.5) is 33.6 Å². The molecule has 0 radical (unpaired) electrons. The summed E-state index contributed by atoms with van der Waals surface area (Å²) in [6.07, 6.45) is -5.50. The molecule has 0 spiro atoms. The number of pyridine rings is 1. The van der Waals surface area contributed by atoms with Crippen LogP contribution in [0.5, 0.6) is 17.2 Å². The average Bonchev–Trinajstić information content (AvgIpc) is 3.08. The second-order valence-corrected chi connectivity index (χ2v) is 11.0. The number of ether oxygens (including phenoxy) is 1. The maximum Gasteiger partial charge on any atom is 0.491 e. The number of aliphatic hydroxyl groups is 2. The summed E-state index contributed by atoms with van der Waals surface area (Å²) in [4.78, 5) is 46.8. The fourth-order valence-electron chi connectivity index (χ4n) is 4.94. The summed E-state index contributed by atoms with van der Waals surface area (Å²) < 4.78 is 74.0. The summed E-state index contributed by atoms with van der Waals surface area (Å²) in [6.45, 7) is 1.52. The highest BCUT2D eigenvalue weighted by atomic mass is 19.4. The molecule has 51 heavy (non-hydrogen) atoms. The van der Waals surface area contributed by atoms with Gasteiger partial charge in [-0.1, -0.05) is 12.1 Å². The molecule has 0 saturated heterocycles. The Bertz CT molecular complexity index is 2240. The number of aryl methyl sites for hydroxylation is 1. The summed E-state index contributed by atoms with van der Waals surface area (Å²) in [6, 6.07) is 9.11. The number of hydrogen-bond acceptors (Lipinski definition) is 11. The molecule has 13 nitrogen and oxygen atoms in total. The summed E-state index contributed by atoms with van der Waals surface area (Å²) in [5.74, 6) is -9.44. The van der Waals surface area contributed by atoms with Gasteiger partial charge in [0, 0.05) is 28.3 Å². The lowest BCUT2D eigenvalue weighted by atomic mass is 10.0. The number of alkyl halides is 3. The van der Waals surface area contributed by atoms with Crippen LogP contribution in [0.15, 0.2) is 59.4 Å². The Labute approximate surface area is 283 Å². The normalized spacial score (nSPS) is 11.6. The first-order chi connectivity index (χ1) is 24.0. The minimum atomic E-state index is -5.50. The van der Waals surface area contributed by atoms with Gasteiger partial charge in [-0.25, -0.2) is 18.6 Å². The largest absolute Gasteiger partial charge is 0.508 e. The van der Waals surface area contributed by atoms with Gasteiger partial charge < -0.3 is 35.8 Å². The van der Waals surface area contributed by atoms with E-state index in [0.29, 0.717) is 16.2 Å². The van der Waals surface area contributed by atoms with Crippen LogP contribution in [0.2, 0.25) is 0 Å². The number of rotatable bonds is 9. The van der Waals surface area contributed by atoms with Gasteiger partial charge >= 0.3 is 12.1 Å². The highest BCUT2D eigenvalue weighted by molar-refractivity contribution is 6.08. The number of amides is 1. The first kappa shape index (κ1) is 36.1. The summed E-state index contributed by atoms with van der Waals surface area (Å²) >= 11 is 0. The second kappa shape index (κ2) is 14.0. The molecule has 0 bridgehead atoms. The molecular formula is C33H26F5N5O8. The van der Waals surface area contributed by atoms with Crippen molar-refractivity contribution >= 4 is 34.5 Å². The zero-order valence-electron chi connectivity index (χ0n) is 26.3. The van der Waals surface area contributed by atoms with E-state index in [9.17, 15) is 48.0 Å². The van der Waals surface area contributed by atoms with Crippen molar-refractivity contribution in [2.75, 3.05) is 23.8 Å². The maximum absolute atomic E-state index is 15.0. The number of phenols is 2. The number of nitrogens with one attached hydrogen (secondary N) is 2. The highest BCUT2D eigenvalue weighted by Gasteiger charge is 2.42. The molecule has 0 atom stereocenters. The van der Waals surface area contributed by atoms with Crippen molar-refractivity contribution < 1.29 is 56.7 Å². The smallest absolute Gasteiger partial charge is 0.491 e. The number of phenolic OH excluding ortho intramolecular Hbond substituents is 2. The molecule has 266 valence electrons. The molecule has 5 aromatic rings. The lowest BCUT2D eigenvalue weighted by molar-refractivity contribution is -0.189. The molecule has 5 rings (SSSR count). The number of anilines is 2. The SMILES string of the molecule is Cc1ccc(NC(=O)c2cc(O)c(C)c(O)c2OC(=O)C(F)(F)F)cc1-c1nc(NC(CO)CO)nc2c1ccc(=O)n2-c1c(F)cccc1F. The number of benzene rings is 3. The number of nitrogens with zero attached hydrogens (tertiary/aromatic N) is 3. The summed E-state index contributed by atoms with van der Waals surface area (Å²) in [7, 11) is 0. The van der Waals surface area contributed by atoms with Crippen LogP contribution in [0.25, 0.3) is 28.0 Å². The second-order valence-electron chi connectivity index (χ2n) is 11.0. The topological polar surface area (TPSA) is 196 Å². The van der Waals surface area contributed by atoms with Gasteiger partial charge in [-0.15, -0.1) is 0 Å². The van der Waals surface area contributed by atoms with E-state index in [1.54, 1.807) is 6.92 Å². The van der Waals surface area contributed by atoms with Gasteiger partial charge in [0.15, 0.2) is 17.1 Å². The molecule has 0 aliphatic carbocycles.